The third-order valence-electron chi connectivity index (χ3n) is 14.1. The van der Waals surface area contributed by atoms with Gasteiger partial charge in [-0.05, 0) is 142 Å². The Balaban J connectivity index is 1.07. The largest absolute Gasteiger partial charge is 0.311 e. The number of hydrogen-bond acceptors (Lipinski definition) is 2. The summed E-state index contributed by atoms with van der Waals surface area (Å²) in [5.74, 6) is 1.06. The average molecular weight is 805 g/mol. The predicted octanol–water partition coefficient (Wildman–Crippen LogP) is 16.7. The molecule has 0 aliphatic heterocycles. The molecule has 0 aromatic heterocycles. The van der Waals surface area contributed by atoms with E-state index < -0.39 is 0 Å². The molecule has 2 aliphatic carbocycles. The molecule has 2 aliphatic rings. The maximum absolute atomic E-state index is 2.46. The SMILES string of the molecule is CC(C)C1CCCCC1(c1ccc(N(c2ccccc2)c2ccccc2)cc1)c1ccc(N(c2ccc(-c3ccccc3)cc2)c2ccc3c(c2)C(C)(C)c2ccccc2-3)cc1. The Hall–Kier alpha value is -6.64. The Morgan fingerprint density at radius 3 is 1.42 bits per heavy atom. The molecular formula is C60H56N2. The molecule has 0 bridgehead atoms. The van der Waals surface area contributed by atoms with Gasteiger partial charge in [-0.1, -0.05) is 174 Å². The van der Waals surface area contributed by atoms with Gasteiger partial charge < -0.3 is 9.80 Å². The lowest BCUT2D eigenvalue weighted by Crippen LogP contribution is -2.42. The smallest absolute Gasteiger partial charge is 0.0465 e. The van der Waals surface area contributed by atoms with Crippen LogP contribution in [-0.2, 0) is 10.8 Å². The summed E-state index contributed by atoms with van der Waals surface area (Å²) in [4.78, 5) is 4.83. The van der Waals surface area contributed by atoms with Crippen LogP contribution < -0.4 is 9.80 Å². The minimum Gasteiger partial charge on any atom is -0.311 e. The fraction of sp³-hybridized carbons (Fsp3) is 0.200. The van der Waals surface area contributed by atoms with Crippen molar-refractivity contribution in [2.45, 2.75) is 64.2 Å². The maximum Gasteiger partial charge on any atom is 0.0465 e. The molecule has 62 heavy (non-hydrogen) atoms. The molecule has 0 spiro atoms. The zero-order chi connectivity index (χ0) is 42.3. The van der Waals surface area contributed by atoms with Gasteiger partial charge >= 0.3 is 0 Å². The number of nitrogens with zero attached hydrogens (tertiary/aromatic N) is 2. The van der Waals surface area contributed by atoms with Crippen LogP contribution in [0, 0.1) is 11.8 Å². The highest BCUT2D eigenvalue weighted by Gasteiger charge is 2.45. The Morgan fingerprint density at radius 2 is 0.855 bits per heavy atom. The summed E-state index contributed by atoms with van der Waals surface area (Å²) in [7, 11) is 0. The van der Waals surface area contributed by atoms with Gasteiger partial charge in [0.25, 0.3) is 0 Å². The van der Waals surface area contributed by atoms with Crippen molar-refractivity contribution >= 4 is 34.1 Å². The lowest BCUT2D eigenvalue weighted by molar-refractivity contribution is 0.170. The molecule has 1 fully saturated rings. The van der Waals surface area contributed by atoms with Gasteiger partial charge in [0, 0.05) is 45.0 Å². The zero-order valence-electron chi connectivity index (χ0n) is 36.5. The summed E-state index contributed by atoms with van der Waals surface area (Å²) in [6.07, 6.45) is 4.87. The molecule has 0 N–H and O–H groups in total. The summed E-state index contributed by atoms with van der Waals surface area (Å²) in [6, 6.07) is 76.6. The Kier molecular flexibility index (Phi) is 10.4. The van der Waals surface area contributed by atoms with E-state index in [0.717, 1.165) is 23.5 Å². The molecule has 306 valence electrons. The van der Waals surface area contributed by atoms with E-state index in [-0.39, 0.29) is 10.8 Å². The van der Waals surface area contributed by atoms with Crippen molar-refractivity contribution in [3.63, 3.8) is 0 Å². The summed E-state index contributed by atoms with van der Waals surface area (Å²) >= 11 is 0. The quantitative estimate of drug-likeness (QED) is 0.136. The highest BCUT2D eigenvalue weighted by atomic mass is 15.1. The highest BCUT2D eigenvalue weighted by Crippen LogP contribution is 2.54. The van der Waals surface area contributed by atoms with Crippen LogP contribution >= 0.6 is 0 Å². The Morgan fingerprint density at radius 1 is 0.419 bits per heavy atom. The van der Waals surface area contributed by atoms with E-state index in [1.165, 1.54) is 80.8 Å². The molecule has 2 heteroatoms. The molecule has 10 rings (SSSR count). The van der Waals surface area contributed by atoms with E-state index in [1.807, 2.05) is 0 Å². The lowest BCUT2D eigenvalue weighted by Gasteiger charge is -2.48. The van der Waals surface area contributed by atoms with Crippen molar-refractivity contribution in [2.75, 3.05) is 9.80 Å². The number of rotatable bonds is 10. The van der Waals surface area contributed by atoms with Gasteiger partial charge in [-0.15, -0.1) is 0 Å². The molecule has 0 radical (unpaired) electrons. The van der Waals surface area contributed by atoms with Gasteiger partial charge in [-0.2, -0.15) is 0 Å². The average Bonchev–Trinajstić information content (AvgIpc) is 3.56. The molecule has 2 atom stereocenters. The molecule has 8 aromatic rings. The monoisotopic (exact) mass is 804 g/mol. The van der Waals surface area contributed by atoms with Crippen molar-refractivity contribution < 1.29 is 0 Å². The molecule has 0 amide bonds. The Labute approximate surface area is 369 Å². The minimum atomic E-state index is -0.0979. The van der Waals surface area contributed by atoms with Gasteiger partial charge in [0.05, 0.1) is 0 Å². The second kappa shape index (κ2) is 16.3. The van der Waals surface area contributed by atoms with E-state index in [1.54, 1.807) is 0 Å². The number of hydrogen-bond donors (Lipinski definition) is 0. The third-order valence-corrected chi connectivity index (χ3v) is 14.1. The molecule has 0 heterocycles. The van der Waals surface area contributed by atoms with Crippen LogP contribution in [0.3, 0.4) is 0 Å². The first-order valence-corrected chi connectivity index (χ1v) is 22.6. The van der Waals surface area contributed by atoms with Gasteiger partial charge in [0.15, 0.2) is 0 Å². The van der Waals surface area contributed by atoms with Crippen LogP contribution in [0.5, 0.6) is 0 Å². The fourth-order valence-corrected chi connectivity index (χ4v) is 11.1. The summed E-state index contributed by atoms with van der Waals surface area (Å²) in [5, 5.41) is 0. The van der Waals surface area contributed by atoms with Crippen LogP contribution in [0.1, 0.15) is 75.6 Å². The first-order chi connectivity index (χ1) is 30.3. The predicted molar refractivity (Wildman–Crippen MR) is 263 cm³/mol. The molecule has 2 nitrogen and oxygen atoms in total. The van der Waals surface area contributed by atoms with Gasteiger partial charge in [0.2, 0.25) is 0 Å². The summed E-state index contributed by atoms with van der Waals surface area (Å²) in [5.41, 5.74) is 17.5. The van der Waals surface area contributed by atoms with Crippen molar-refractivity contribution in [1.29, 1.82) is 0 Å². The van der Waals surface area contributed by atoms with Crippen LogP contribution in [-0.4, -0.2) is 0 Å². The van der Waals surface area contributed by atoms with Crippen molar-refractivity contribution in [2.24, 2.45) is 11.8 Å². The number of para-hydroxylation sites is 2. The van der Waals surface area contributed by atoms with Crippen molar-refractivity contribution in [3.8, 4) is 22.3 Å². The highest BCUT2D eigenvalue weighted by molar-refractivity contribution is 5.86. The van der Waals surface area contributed by atoms with Crippen LogP contribution in [0.25, 0.3) is 22.3 Å². The van der Waals surface area contributed by atoms with Gasteiger partial charge in [0.1, 0.15) is 0 Å². The van der Waals surface area contributed by atoms with Crippen molar-refractivity contribution in [1.82, 2.24) is 0 Å². The van der Waals surface area contributed by atoms with E-state index in [4.69, 9.17) is 0 Å². The number of fused-ring (bicyclic) bond motifs is 3. The molecule has 8 aromatic carbocycles. The van der Waals surface area contributed by atoms with E-state index in [0.29, 0.717) is 11.8 Å². The van der Waals surface area contributed by atoms with E-state index >= 15 is 0 Å². The normalized spacial score (nSPS) is 17.6. The second-order valence-electron chi connectivity index (χ2n) is 18.3. The Bertz CT molecular complexity index is 2730. The fourth-order valence-electron chi connectivity index (χ4n) is 11.1. The first kappa shape index (κ1) is 39.5. The first-order valence-electron chi connectivity index (χ1n) is 22.6. The molecular weight excluding hydrogens is 749 g/mol. The second-order valence-corrected chi connectivity index (χ2v) is 18.3. The van der Waals surface area contributed by atoms with Gasteiger partial charge in [-0.3, -0.25) is 0 Å². The van der Waals surface area contributed by atoms with E-state index in [2.05, 4.69) is 244 Å². The summed E-state index contributed by atoms with van der Waals surface area (Å²) in [6.45, 7) is 9.62. The van der Waals surface area contributed by atoms with Crippen LogP contribution in [0.15, 0.2) is 206 Å². The van der Waals surface area contributed by atoms with Crippen LogP contribution in [0.2, 0.25) is 0 Å². The topological polar surface area (TPSA) is 6.48 Å². The number of benzene rings is 8. The van der Waals surface area contributed by atoms with Crippen molar-refractivity contribution in [3.05, 3.63) is 229 Å². The lowest BCUT2D eigenvalue weighted by atomic mass is 9.56. The molecule has 1 saturated carbocycles. The summed E-state index contributed by atoms with van der Waals surface area (Å²) < 4.78 is 0. The number of anilines is 6. The third kappa shape index (κ3) is 6.92. The molecule has 0 saturated heterocycles. The maximum atomic E-state index is 2.46. The van der Waals surface area contributed by atoms with Crippen LogP contribution in [0.4, 0.5) is 34.1 Å². The van der Waals surface area contributed by atoms with E-state index in [9.17, 15) is 0 Å². The standard InChI is InChI=1S/C60H56N2/c1-43(2)56-25-16-17-41-60(56,46-29-35-51(36-30-46)61(48-20-10-6-11-21-48)49-22-12-7-13-23-49)47-31-37-52(38-32-47)62(50-33-27-45(28-34-50)44-18-8-5-9-19-44)53-39-40-55-54-24-14-15-26-57(54)59(3,4)58(55)42-53/h5-15,18-24,26-40,42-43,56H,16-17,25,41H2,1-4H3. The van der Waals surface area contributed by atoms with Gasteiger partial charge in [-0.25, -0.2) is 0 Å². The molecule has 2 unspecified atom stereocenters. The minimum absolute atomic E-state index is 0.0946. The zero-order valence-corrected chi connectivity index (χ0v) is 36.5.